The third-order valence-corrected chi connectivity index (χ3v) is 6.08. The van der Waals surface area contributed by atoms with E-state index in [1.165, 1.54) is 65.3 Å². The number of benzene rings is 3. The van der Waals surface area contributed by atoms with Gasteiger partial charge in [-0.2, -0.15) is 4.57 Å². The molecule has 1 fully saturated rings. The van der Waals surface area contributed by atoms with Crippen molar-refractivity contribution in [2.75, 3.05) is 0 Å². The number of hydrogen-bond donors (Lipinski definition) is 0. The molecule has 1 saturated carbocycles. The molecule has 1 aliphatic carbocycles. The van der Waals surface area contributed by atoms with Crippen LogP contribution in [0.1, 0.15) is 38.1 Å². The van der Waals surface area contributed by atoms with E-state index in [9.17, 15) is 0 Å². The SMILES string of the molecule is c1ccc(-c2c(-c3ccccc3)[n+](C3CCCCC3)cc3ccccc23)cc1. The van der Waals surface area contributed by atoms with Gasteiger partial charge in [0.25, 0.3) is 0 Å². The first kappa shape index (κ1) is 17.2. The average molecular weight is 365 g/mol. The molecule has 1 heteroatoms. The molecule has 0 saturated heterocycles. The number of nitrogens with zero attached hydrogens (tertiary/aromatic N) is 1. The lowest BCUT2D eigenvalue weighted by molar-refractivity contribution is -0.713. The molecule has 0 aliphatic heterocycles. The zero-order chi connectivity index (χ0) is 18.8. The highest BCUT2D eigenvalue weighted by Gasteiger charge is 2.30. The van der Waals surface area contributed by atoms with Crippen LogP contribution in [-0.2, 0) is 0 Å². The molecular formula is C27H26N+. The molecule has 0 radical (unpaired) electrons. The molecule has 1 aromatic heterocycles. The van der Waals surface area contributed by atoms with Crippen LogP contribution in [0.4, 0.5) is 0 Å². The topological polar surface area (TPSA) is 3.88 Å². The summed E-state index contributed by atoms with van der Waals surface area (Å²) in [5, 5.41) is 2.66. The van der Waals surface area contributed by atoms with E-state index in [1.54, 1.807) is 0 Å². The fraction of sp³-hybridized carbons (Fsp3) is 0.222. The predicted octanol–water partition coefficient (Wildman–Crippen LogP) is 6.97. The standard InChI is InChI=1S/C27H26N/c1-4-12-21(13-5-1)26-25-19-11-10-16-23(25)20-28(24-17-8-3-9-18-24)27(26)22-14-6-2-7-15-22/h1-2,4-7,10-16,19-20,24H,3,8-9,17-18H2/q+1. The van der Waals surface area contributed by atoms with Crippen molar-refractivity contribution in [2.45, 2.75) is 38.1 Å². The fourth-order valence-electron chi connectivity index (χ4n) is 4.74. The highest BCUT2D eigenvalue weighted by Crippen LogP contribution is 2.37. The summed E-state index contributed by atoms with van der Waals surface area (Å²) in [4.78, 5) is 0. The van der Waals surface area contributed by atoms with E-state index in [0.29, 0.717) is 6.04 Å². The summed E-state index contributed by atoms with van der Waals surface area (Å²) in [6, 6.07) is 31.3. The van der Waals surface area contributed by atoms with Gasteiger partial charge in [-0.25, -0.2) is 0 Å². The molecule has 5 rings (SSSR count). The normalized spacial score (nSPS) is 15.0. The Morgan fingerprint density at radius 1 is 0.607 bits per heavy atom. The minimum atomic E-state index is 0.580. The maximum atomic E-state index is 2.60. The zero-order valence-corrected chi connectivity index (χ0v) is 16.2. The molecule has 0 bridgehead atoms. The first-order chi connectivity index (χ1) is 13.9. The Morgan fingerprint density at radius 2 is 1.21 bits per heavy atom. The minimum absolute atomic E-state index is 0.580. The second kappa shape index (κ2) is 7.59. The van der Waals surface area contributed by atoms with Crippen molar-refractivity contribution in [3.63, 3.8) is 0 Å². The molecule has 138 valence electrons. The van der Waals surface area contributed by atoms with Crippen LogP contribution >= 0.6 is 0 Å². The van der Waals surface area contributed by atoms with Crippen LogP contribution in [0.2, 0.25) is 0 Å². The Morgan fingerprint density at radius 3 is 1.93 bits per heavy atom. The lowest BCUT2D eigenvalue weighted by Crippen LogP contribution is -2.43. The first-order valence-corrected chi connectivity index (χ1v) is 10.5. The van der Waals surface area contributed by atoms with Gasteiger partial charge in [-0.1, -0.05) is 73.2 Å². The van der Waals surface area contributed by atoms with Crippen LogP contribution in [-0.4, -0.2) is 0 Å². The van der Waals surface area contributed by atoms with Crippen LogP contribution in [0.15, 0.2) is 91.1 Å². The smallest absolute Gasteiger partial charge is 0.194 e. The Bertz CT molecular complexity index is 1080. The highest BCUT2D eigenvalue weighted by molar-refractivity contribution is 6.01. The summed E-state index contributed by atoms with van der Waals surface area (Å²) < 4.78 is 2.60. The van der Waals surface area contributed by atoms with E-state index < -0.39 is 0 Å². The van der Waals surface area contributed by atoms with Gasteiger partial charge in [0.05, 0.1) is 5.56 Å². The Labute approximate surface area is 167 Å². The number of rotatable bonds is 3. The van der Waals surface area contributed by atoms with E-state index in [2.05, 4.69) is 95.7 Å². The average Bonchev–Trinajstić information content (AvgIpc) is 2.79. The fourth-order valence-corrected chi connectivity index (χ4v) is 4.74. The second-order valence-electron chi connectivity index (χ2n) is 7.87. The molecule has 1 heterocycles. The van der Waals surface area contributed by atoms with Crippen molar-refractivity contribution in [3.8, 4) is 22.4 Å². The van der Waals surface area contributed by atoms with E-state index in [4.69, 9.17) is 0 Å². The quantitative estimate of drug-likeness (QED) is 0.346. The van der Waals surface area contributed by atoms with Gasteiger partial charge in [0.2, 0.25) is 5.69 Å². The van der Waals surface area contributed by atoms with Crippen LogP contribution in [0.25, 0.3) is 33.2 Å². The van der Waals surface area contributed by atoms with Gasteiger partial charge in [0, 0.05) is 29.2 Å². The molecule has 0 N–H and O–H groups in total. The van der Waals surface area contributed by atoms with Crippen molar-refractivity contribution < 1.29 is 4.57 Å². The van der Waals surface area contributed by atoms with Gasteiger partial charge in [0.15, 0.2) is 12.2 Å². The van der Waals surface area contributed by atoms with Crippen molar-refractivity contribution in [1.82, 2.24) is 0 Å². The van der Waals surface area contributed by atoms with E-state index in [1.807, 2.05) is 0 Å². The molecule has 0 atom stereocenters. The molecule has 1 nitrogen and oxygen atoms in total. The van der Waals surface area contributed by atoms with Gasteiger partial charge in [-0.3, -0.25) is 0 Å². The second-order valence-corrected chi connectivity index (χ2v) is 7.87. The maximum Gasteiger partial charge on any atom is 0.221 e. The number of fused-ring (bicyclic) bond motifs is 1. The van der Waals surface area contributed by atoms with E-state index in [0.717, 1.165) is 0 Å². The van der Waals surface area contributed by atoms with Gasteiger partial charge in [-0.15, -0.1) is 0 Å². The third kappa shape index (κ3) is 3.11. The molecule has 0 spiro atoms. The van der Waals surface area contributed by atoms with Gasteiger partial charge >= 0.3 is 0 Å². The Hall–Kier alpha value is -2.93. The zero-order valence-electron chi connectivity index (χ0n) is 16.2. The predicted molar refractivity (Wildman–Crippen MR) is 117 cm³/mol. The lowest BCUT2D eigenvalue weighted by atomic mass is 9.90. The van der Waals surface area contributed by atoms with Crippen LogP contribution < -0.4 is 4.57 Å². The molecule has 4 aromatic rings. The summed E-state index contributed by atoms with van der Waals surface area (Å²) in [7, 11) is 0. The van der Waals surface area contributed by atoms with Gasteiger partial charge < -0.3 is 0 Å². The van der Waals surface area contributed by atoms with Gasteiger partial charge in [-0.05, 0) is 36.6 Å². The highest BCUT2D eigenvalue weighted by atomic mass is 15.0. The van der Waals surface area contributed by atoms with Crippen molar-refractivity contribution in [2.24, 2.45) is 0 Å². The number of pyridine rings is 1. The number of hydrogen-bond acceptors (Lipinski definition) is 0. The summed E-state index contributed by atoms with van der Waals surface area (Å²) in [5.74, 6) is 0. The summed E-state index contributed by atoms with van der Waals surface area (Å²) in [6.45, 7) is 0. The molecule has 28 heavy (non-hydrogen) atoms. The summed E-state index contributed by atoms with van der Waals surface area (Å²) >= 11 is 0. The van der Waals surface area contributed by atoms with Crippen LogP contribution in [0.5, 0.6) is 0 Å². The molecular weight excluding hydrogens is 338 g/mol. The Balaban J connectivity index is 1.88. The summed E-state index contributed by atoms with van der Waals surface area (Å²) in [6.07, 6.45) is 8.99. The Kier molecular flexibility index (Phi) is 4.66. The van der Waals surface area contributed by atoms with Crippen LogP contribution in [0.3, 0.4) is 0 Å². The summed E-state index contributed by atoms with van der Waals surface area (Å²) in [5.41, 5.74) is 5.31. The lowest BCUT2D eigenvalue weighted by Gasteiger charge is -2.22. The van der Waals surface area contributed by atoms with Gasteiger partial charge in [0.1, 0.15) is 0 Å². The van der Waals surface area contributed by atoms with Crippen molar-refractivity contribution in [1.29, 1.82) is 0 Å². The third-order valence-electron chi connectivity index (χ3n) is 6.08. The van der Waals surface area contributed by atoms with Crippen molar-refractivity contribution in [3.05, 3.63) is 91.1 Å². The van der Waals surface area contributed by atoms with E-state index in [-0.39, 0.29) is 0 Å². The van der Waals surface area contributed by atoms with E-state index >= 15 is 0 Å². The van der Waals surface area contributed by atoms with Crippen molar-refractivity contribution >= 4 is 10.8 Å². The molecule has 0 amide bonds. The largest absolute Gasteiger partial charge is 0.221 e. The monoisotopic (exact) mass is 364 g/mol. The molecule has 1 aliphatic rings. The minimum Gasteiger partial charge on any atom is -0.194 e. The number of aromatic nitrogens is 1. The molecule has 3 aromatic carbocycles. The first-order valence-electron chi connectivity index (χ1n) is 10.5. The maximum absolute atomic E-state index is 2.60. The molecule has 0 unspecified atom stereocenters. The van der Waals surface area contributed by atoms with Crippen LogP contribution in [0, 0.1) is 0 Å².